The van der Waals surface area contributed by atoms with Crippen molar-refractivity contribution in [3.63, 3.8) is 0 Å². The number of carbonyl (C=O) groups is 2. The number of halogens is 2. The summed E-state index contributed by atoms with van der Waals surface area (Å²) < 4.78 is 44.7. The standard InChI is InChI=1S/C19H16F2O6/c1-11(17(22)12-6-8-13(9-7-12)26-19(20)21)25-18(23)16-10-24-14-4-2-3-5-15(14)27-16/h2-9,11,16,19H,10H2,1H3/t11-,16+/m0/s1. The lowest BCUT2D eigenvalue weighted by Crippen LogP contribution is -2.40. The highest BCUT2D eigenvalue weighted by molar-refractivity contribution is 6.00. The minimum atomic E-state index is -2.95. The second-order valence-electron chi connectivity index (χ2n) is 5.71. The van der Waals surface area contributed by atoms with E-state index in [-0.39, 0.29) is 17.9 Å². The molecule has 0 bridgehead atoms. The van der Waals surface area contributed by atoms with E-state index in [1.807, 2.05) is 0 Å². The first-order valence-corrected chi connectivity index (χ1v) is 8.12. The maximum Gasteiger partial charge on any atom is 0.387 e. The fourth-order valence-electron chi connectivity index (χ4n) is 2.47. The van der Waals surface area contributed by atoms with Gasteiger partial charge in [0.05, 0.1) is 0 Å². The summed E-state index contributed by atoms with van der Waals surface area (Å²) >= 11 is 0. The van der Waals surface area contributed by atoms with Gasteiger partial charge in [0.15, 0.2) is 17.6 Å². The number of ether oxygens (including phenoxy) is 4. The molecule has 1 aliphatic rings. The van der Waals surface area contributed by atoms with Gasteiger partial charge in [-0.05, 0) is 43.3 Å². The lowest BCUT2D eigenvalue weighted by atomic mass is 10.1. The van der Waals surface area contributed by atoms with Crippen molar-refractivity contribution in [2.45, 2.75) is 25.7 Å². The van der Waals surface area contributed by atoms with Crippen LogP contribution in [0.5, 0.6) is 17.2 Å². The summed E-state index contributed by atoms with van der Waals surface area (Å²) in [6.45, 7) is -1.56. The van der Waals surface area contributed by atoms with Gasteiger partial charge in [-0.3, -0.25) is 4.79 Å². The third kappa shape index (κ3) is 4.52. The molecule has 0 unspecified atom stereocenters. The Bertz CT molecular complexity index is 821. The Kier molecular flexibility index (Phi) is 5.54. The molecule has 142 valence electrons. The first-order valence-electron chi connectivity index (χ1n) is 8.12. The molecule has 2 aromatic rings. The number of para-hydroxylation sites is 2. The predicted molar refractivity (Wildman–Crippen MR) is 89.3 cm³/mol. The Hall–Kier alpha value is -3.16. The van der Waals surface area contributed by atoms with Crippen molar-refractivity contribution in [2.24, 2.45) is 0 Å². The van der Waals surface area contributed by atoms with Crippen molar-refractivity contribution in [1.82, 2.24) is 0 Å². The van der Waals surface area contributed by atoms with Gasteiger partial charge in [0, 0.05) is 5.56 Å². The van der Waals surface area contributed by atoms with Gasteiger partial charge < -0.3 is 18.9 Å². The fourth-order valence-corrected chi connectivity index (χ4v) is 2.47. The maximum atomic E-state index is 12.4. The normalized spacial score (nSPS) is 16.5. The summed E-state index contributed by atoms with van der Waals surface area (Å²) in [7, 11) is 0. The first-order chi connectivity index (χ1) is 12.9. The van der Waals surface area contributed by atoms with Crippen molar-refractivity contribution < 1.29 is 37.3 Å². The van der Waals surface area contributed by atoms with Gasteiger partial charge >= 0.3 is 12.6 Å². The van der Waals surface area contributed by atoms with Crippen LogP contribution in [-0.4, -0.2) is 37.2 Å². The van der Waals surface area contributed by atoms with Crippen LogP contribution in [0.1, 0.15) is 17.3 Å². The largest absolute Gasteiger partial charge is 0.485 e. The van der Waals surface area contributed by atoms with Crippen LogP contribution in [0.3, 0.4) is 0 Å². The highest BCUT2D eigenvalue weighted by Gasteiger charge is 2.31. The topological polar surface area (TPSA) is 71.1 Å². The van der Waals surface area contributed by atoms with Crippen molar-refractivity contribution in [2.75, 3.05) is 6.61 Å². The summed E-state index contributed by atoms with van der Waals surface area (Å²) in [5.74, 6) is -0.347. The number of Topliss-reactive ketones (excluding diaryl/α,β-unsaturated/α-hetero) is 1. The Morgan fingerprint density at radius 3 is 2.41 bits per heavy atom. The Morgan fingerprint density at radius 1 is 1.07 bits per heavy atom. The van der Waals surface area contributed by atoms with Crippen LogP contribution in [0.25, 0.3) is 0 Å². The smallest absolute Gasteiger partial charge is 0.387 e. The summed E-state index contributed by atoms with van der Waals surface area (Å²) in [4.78, 5) is 24.6. The number of fused-ring (bicyclic) bond motifs is 1. The number of rotatable bonds is 6. The lowest BCUT2D eigenvalue weighted by Gasteiger charge is -2.25. The molecule has 1 heterocycles. The van der Waals surface area contributed by atoms with Gasteiger partial charge in [0.25, 0.3) is 0 Å². The molecule has 0 radical (unpaired) electrons. The van der Waals surface area contributed by atoms with E-state index >= 15 is 0 Å². The molecule has 3 rings (SSSR count). The molecule has 0 spiro atoms. The molecule has 27 heavy (non-hydrogen) atoms. The van der Waals surface area contributed by atoms with Gasteiger partial charge in [-0.2, -0.15) is 8.78 Å². The molecule has 6 nitrogen and oxygen atoms in total. The van der Waals surface area contributed by atoms with Crippen molar-refractivity contribution in [3.05, 3.63) is 54.1 Å². The van der Waals surface area contributed by atoms with Gasteiger partial charge in [-0.25, -0.2) is 4.79 Å². The van der Waals surface area contributed by atoms with Gasteiger partial charge in [-0.1, -0.05) is 12.1 Å². The molecule has 0 aliphatic carbocycles. The van der Waals surface area contributed by atoms with E-state index in [1.54, 1.807) is 24.3 Å². The van der Waals surface area contributed by atoms with E-state index in [9.17, 15) is 18.4 Å². The molecular weight excluding hydrogens is 362 g/mol. The van der Waals surface area contributed by atoms with Crippen LogP contribution in [0.15, 0.2) is 48.5 Å². The quantitative estimate of drug-likeness (QED) is 0.568. The average molecular weight is 378 g/mol. The molecule has 0 amide bonds. The average Bonchev–Trinajstić information content (AvgIpc) is 2.67. The summed E-state index contributed by atoms with van der Waals surface area (Å²) in [5.41, 5.74) is 0.197. The van der Waals surface area contributed by atoms with Crippen LogP contribution in [0.2, 0.25) is 0 Å². The lowest BCUT2D eigenvalue weighted by molar-refractivity contribution is -0.157. The molecule has 8 heteroatoms. The molecule has 2 aromatic carbocycles. The zero-order chi connectivity index (χ0) is 19.4. The molecule has 0 fully saturated rings. The van der Waals surface area contributed by atoms with Crippen molar-refractivity contribution >= 4 is 11.8 Å². The molecular formula is C19H16F2O6. The molecule has 0 N–H and O–H groups in total. The van der Waals surface area contributed by atoms with Gasteiger partial charge in [-0.15, -0.1) is 0 Å². The van der Waals surface area contributed by atoms with E-state index in [0.29, 0.717) is 11.5 Å². The third-order valence-corrected chi connectivity index (χ3v) is 3.80. The predicted octanol–water partition coefficient (Wildman–Crippen LogP) is 3.24. The molecule has 0 saturated carbocycles. The number of benzene rings is 2. The molecule has 0 aromatic heterocycles. The Balaban J connectivity index is 1.59. The fraction of sp³-hybridized carbons (Fsp3) is 0.263. The van der Waals surface area contributed by atoms with Crippen LogP contribution in [0, 0.1) is 0 Å². The highest BCUT2D eigenvalue weighted by Crippen LogP contribution is 2.31. The van der Waals surface area contributed by atoms with E-state index in [1.165, 1.54) is 31.2 Å². The summed E-state index contributed by atoms with van der Waals surface area (Å²) in [5, 5.41) is 0. The van der Waals surface area contributed by atoms with Crippen LogP contribution >= 0.6 is 0 Å². The minimum absolute atomic E-state index is 0.0313. The molecule has 2 atom stereocenters. The van der Waals surface area contributed by atoms with E-state index in [2.05, 4.69) is 4.74 Å². The minimum Gasteiger partial charge on any atom is -0.485 e. The van der Waals surface area contributed by atoms with E-state index < -0.39 is 30.6 Å². The van der Waals surface area contributed by atoms with Crippen LogP contribution < -0.4 is 14.2 Å². The van der Waals surface area contributed by atoms with Crippen LogP contribution in [-0.2, 0) is 9.53 Å². The second kappa shape index (κ2) is 8.03. The van der Waals surface area contributed by atoms with Crippen molar-refractivity contribution in [1.29, 1.82) is 0 Å². The van der Waals surface area contributed by atoms with Gasteiger partial charge in [0.1, 0.15) is 12.4 Å². The summed E-state index contributed by atoms with van der Waals surface area (Å²) in [6.07, 6.45) is -2.07. The second-order valence-corrected chi connectivity index (χ2v) is 5.71. The third-order valence-electron chi connectivity index (χ3n) is 3.80. The summed E-state index contributed by atoms with van der Waals surface area (Å²) in [6, 6.07) is 12.0. The number of ketones is 1. The zero-order valence-electron chi connectivity index (χ0n) is 14.3. The maximum absolute atomic E-state index is 12.4. The number of carbonyl (C=O) groups excluding carboxylic acids is 2. The number of alkyl halides is 2. The van der Waals surface area contributed by atoms with Crippen molar-refractivity contribution in [3.8, 4) is 17.2 Å². The monoisotopic (exact) mass is 378 g/mol. The number of hydrogen-bond donors (Lipinski definition) is 0. The number of esters is 1. The zero-order valence-corrected chi connectivity index (χ0v) is 14.3. The SMILES string of the molecule is C[C@H](OC(=O)[C@H]1COc2ccccc2O1)C(=O)c1ccc(OC(F)F)cc1. The molecule has 1 aliphatic heterocycles. The Labute approximate surface area is 153 Å². The van der Waals surface area contributed by atoms with Gasteiger partial charge in [0.2, 0.25) is 11.9 Å². The van der Waals surface area contributed by atoms with E-state index in [4.69, 9.17) is 14.2 Å². The highest BCUT2D eigenvalue weighted by atomic mass is 19.3. The number of hydrogen-bond acceptors (Lipinski definition) is 6. The van der Waals surface area contributed by atoms with E-state index in [0.717, 1.165) is 0 Å². The van der Waals surface area contributed by atoms with Crippen LogP contribution in [0.4, 0.5) is 8.78 Å². The first kappa shape index (κ1) is 18.6. The Morgan fingerprint density at radius 2 is 1.74 bits per heavy atom. The molecule has 0 saturated heterocycles.